The molecule has 7 heteroatoms. The van der Waals surface area contributed by atoms with E-state index in [-0.39, 0.29) is 12.3 Å². The third-order valence-electron chi connectivity index (χ3n) is 3.30. The molecular weight excluding hydrogens is 309 g/mol. The number of nitrogens with two attached hydrogens (primary N) is 1. The molecule has 1 rings (SSSR count). The van der Waals surface area contributed by atoms with E-state index in [1.54, 1.807) is 6.08 Å². The van der Waals surface area contributed by atoms with Gasteiger partial charge in [-0.3, -0.25) is 4.79 Å². The number of carbonyl (C=O) groups is 1. The van der Waals surface area contributed by atoms with E-state index in [4.69, 9.17) is 10.5 Å². The Morgan fingerprint density at radius 2 is 2.13 bits per heavy atom. The molecule has 0 fully saturated rings. The number of rotatable bonds is 7. The fourth-order valence-corrected chi connectivity index (χ4v) is 1.89. The number of halogens is 3. The Morgan fingerprint density at radius 1 is 1.43 bits per heavy atom. The lowest BCUT2D eigenvalue weighted by Crippen LogP contribution is -2.37. The highest BCUT2D eigenvalue weighted by Gasteiger charge is 2.30. The molecule has 1 atom stereocenters. The molecular formula is C16H21F3N2O2. The molecule has 23 heavy (non-hydrogen) atoms. The van der Waals surface area contributed by atoms with Crippen molar-refractivity contribution in [3.63, 3.8) is 0 Å². The van der Waals surface area contributed by atoms with Crippen molar-refractivity contribution in [1.82, 2.24) is 5.32 Å². The molecule has 0 aliphatic carbocycles. The van der Waals surface area contributed by atoms with Gasteiger partial charge in [0.25, 0.3) is 0 Å². The van der Waals surface area contributed by atoms with Crippen molar-refractivity contribution < 1.29 is 22.7 Å². The molecule has 4 nitrogen and oxygen atoms in total. The van der Waals surface area contributed by atoms with Crippen LogP contribution in [-0.2, 0) is 22.1 Å². The lowest BCUT2D eigenvalue weighted by atomic mass is 10.0. The minimum absolute atomic E-state index is 0.0613. The normalized spacial score (nSPS) is 13.7. The Bertz CT molecular complexity index is 557. The van der Waals surface area contributed by atoms with Gasteiger partial charge in [-0.25, -0.2) is 0 Å². The number of ether oxygens (including phenoxy) is 1. The first kappa shape index (κ1) is 19.2. The average Bonchev–Trinajstić information content (AvgIpc) is 2.51. The molecule has 1 amide bonds. The van der Waals surface area contributed by atoms with Gasteiger partial charge in [0.1, 0.15) is 6.10 Å². The fourth-order valence-electron chi connectivity index (χ4n) is 1.89. The highest BCUT2D eigenvalue weighted by atomic mass is 19.4. The molecule has 0 heterocycles. The zero-order valence-electron chi connectivity index (χ0n) is 13.1. The van der Waals surface area contributed by atoms with Crippen LogP contribution in [0.15, 0.2) is 35.9 Å². The van der Waals surface area contributed by atoms with Crippen molar-refractivity contribution in [2.24, 2.45) is 5.73 Å². The summed E-state index contributed by atoms with van der Waals surface area (Å²) in [5.41, 5.74) is 6.00. The Morgan fingerprint density at radius 3 is 2.70 bits per heavy atom. The number of hydrogen-bond acceptors (Lipinski definition) is 3. The number of carbonyl (C=O) groups excluding carboxylic acids is 1. The molecule has 1 aromatic carbocycles. The van der Waals surface area contributed by atoms with Gasteiger partial charge in [-0.1, -0.05) is 29.8 Å². The maximum Gasteiger partial charge on any atom is 0.416 e. The maximum atomic E-state index is 12.7. The van der Waals surface area contributed by atoms with Crippen LogP contribution in [0.1, 0.15) is 18.1 Å². The molecule has 128 valence electrons. The Hall–Kier alpha value is -1.86. The lowest BCUT2D eigenvalue weighted by molar-refractivity contribution is -0.137. The van der Waals surface area contributed by atoms with E-state index in [0.717, 1.165) is 17.7 Å². The van der Waals surface area contributed by atoms with Crippen molar-refractivity contribution in [2.75, 3.05) is 20.2 Å². The Balaban J connectivity index is 2.71. The summed E-state index contributed by atoms with van der Waals surface area (Å²) >= 11 is 0. The van der Waals surface area contributed by atoms with Crippen molar-refractivity contribution >= 4 is 5.91 Å². The van der Waals surface area contributed by atoms with Crippen LogP contribution < -0.4 is 11.1 Å². The first-order valence-electron chi connectivity index (χ1n) is 7.10. The van der Waals surface area contributed by atoms with Crippen molar-refractivity contribution in [1.29, 1.82) is 0 Å². The minimum atomic E-state index is -4.41. The van der Waals surface area contributed by atoms with E-state index >= 15 is 0 Å². The van der Waals surface area contributed by atoms with E-state index in [0.29, 0.717) is 18.7 Å². The number of hydrogen-bond donors (Lipinski definition) is 2. The van der Waals surface area contributed by atoms with Crippen molar-refractivity contribution in [3.05, 3.63) is 47.0 Å². The largest absolute Gasteiger partial charge is 0.416 e. The number of benzene rings is 1. The predicted molar refractivity (Wildman–Crippen MR) is 81.8 cm³/mol. The predicted octanol–water partition coefficient (Wildman–Crippen LogP) is 2.28. The molecule has 3 N–H and O–H groups in total. The van der Waals surface area contributed by atoms with E-state index in [1.807, 2.05) is 6.92 Å². The maximum absolute atomic E-state index is 12.7. The van der Waals surface area contributed by atoms with Gasteiger partial charge >= 0.3 is 6.18 Å². The van der Waals surface area contributed by atoms with E-state index in [9.17, 15) is 18.0 Å². The molecule has 0 radical (unpaired) electrons. The standard InChI is InChI=1S/C16H21F3N2O2/c1-11(10-20)6-7-21-15(22)14(23-2)9-12-4-3-5-13(8-12)16(17,18)19/h3-6,8,14H,7,9-10,20H2,1-2H3,(H,21,22)/b11-6+/t14-/m0/s1. The van der Waals surface area contributed by atoms with Crippen LogP contribution in [0.2, 0.25) is 0 Å². The number of methoxy groups -OCH3 is 1. The smallest absolute Gasteiger partial charge is 0.371 e. The lowest BCUT2D eigenvalue weighted by Gasteiger charge is -2.16. The monoisotopic (exact) mass is 330 g/mol. The SMILES string of the molecule is CO[C@@H](Cc1cccc(C(F)(F)F)c1)C(=O)NC/C=C(\C)CN. The second-order valence-corrected chi connectivity index (χ2v) is 5.13. The van der Waals surface area contributed by atoms with Gasteiger partial charge in [0, 0.05) is 26.6 Å². The van der Waals surface area contributed by atoms with Crippen molar-refractivity contribution in [2.45, 2.75) is 25.6 Å². The van der Waals surface area contributed by atoms with Crippen LogP contribution in [0.25, 0.3) is 0 Å². The Labute approximate surface area is 133 Å². The summed E-state index contributed by atoms with van der Waals surface area (Å²) < 4.78 is 43.2. The zero-order valence-corrected chi connectivity index (χ0v) is 13.1. The van der Waals surface area contributed by atoms with Gasteiger partial charge in [0.15, 0.2) is 0 Å². The quantitative estimate of drug-likeness (QED) is 0.754. The van der Waals surface area contributed by atoms with Crippen LogP contribution in [0.5, 0.6) is 0 Å². The summed E-state index contributed by atoms with van der Waals surface area (Å²) in [6, 6.07) is 4.87. The van der Waals surface area contributed by atoms with E-state index in [2.05, 4.69) is 5.32 Å². The average molecular weight is 330 g/mol. The van der Waals surface area contributed by atoms with Gasteiger partial charge in [0.2, 0.25) is 5.91 Å². The second kappa shape index (κ2) is 8.69. The highest BCUT2D eigenvalue weighted by molar-refractivity contribution is 5.81. The number of nitrogens with one attached hydrogen (secondary N) is 1. The summed E-state index contributed by atoms with van der Waals surface area (Å²) in [6.45, 7) is 2.53. The van der Waals surface area contributed by atoms with Crippen molar-refractivity contribution in [3.8, 4) is 0 Å². The van der Waals surface area contributed by atoms with Gasteiger partial charge in [-0.15, -0.1) is 0 Å². The molecule has 0 saturated carbocycles. The topological polar surface area (TPSA) is 64.3 Å². The van der Waals surface area contributed by atoms with Crippen LogP contribution in [-0.4, -0.2) is 32.2 Å². The van der Waals surface area contributed by atoms with Crippen LogP contribution in [0.3, 0.4) is 0 Å². The molecule has 1 aromatic rings. The highest BCUT2D eigenvalue weighted by Crippen LogP contribution is 2.29. The third kappa shape index (κ3) is 6.42. The molecule has 0 spiro atoms. The van der Waals surface area contributed by atoms with Gasteiger partial charge in [0.05, 0.1) is 5.56 Å². The fraction of sp³-hybridized carbons (Fsp3) is 0.438. The van der Waals surface area contributed by atoms with Crippen LogP contribution in [0.4, 0.5) is 13.2 Å². The zero-order chi connectivity index (χ0) is 17.5. The van der Waals surface area contributed by atoms with Gasteiger partial charge < -0.3 is 15.8 Å². The molecule has 0 saturated heterocycles. The number of alkyl halides is 3. The van der Waals surface area contributed by atoms with Gasteiger partial charge in [-0.05, 0) is 18.6 Å². The molecule has 0 aliphatic heterocycles. The summed E-state index contributed by atoms with van der Waals surface area (Å²) in [6.07, 6.45) is -3.43. The molecule has 0 aromatic heterocycles. The van der Waals surface area contributed by atoms with Gasteiger partial charge in [-0.2, -0.15) is 13.2 Å². The number of amides is 1. The summed E-state index contributed by atoms with van der Waals surface area (Å²) in [4.78, 5) is 12.0. The summed E-state index contributed by atoms with van der Waals surface area (Å²) in [5, 5.41) is 2.65. The first-order chi connectivity index (χ1) is 10.8. The second-order valence-electron chi connectivity index (χ2n) is 5.13. The first-order valence-corrected chi connectivity index (χ1v) is 7.10. The summed E-state index contributed by atoms with van der Waals surface area (Å²) in [7, 11) is 1.35. The molecule has 0 unspecified atom stereocenters. The van der Waals surface area contributed by atoms with E-state index < -0.39 is 17.8 Å². The molecule has 0 bridgehead atoms. The summed E-state index contributed by atoms with van der Waals surface area (Å²) in [5.74, 6) is -0.383. The van der Waals surface area contributed by atoms with Crippen LogP contribution in [0, 0.1) is 0 Å². The van der Waals surface area contributed by atoms with Crippen LogP contribution >= 0.6 is 0 Å². The third-order valence-corrected chi connectivity index (χ3v) is 3.30. The molecule has 0 aliphatic rings. The minimum Gasteiger partial charge on any atom is -0.371 e. The van der Waals surface area contributed by atoms with E-state index in [1.165, 1.54) is 19.2 Å². The Kier molecular flexibility index (Phi) is 7.25.